The molecule has 0 bridgehead atoms. The van der Waals surface area contributed by atoms with Crippen molar-refractivity contribution >= 4 is 22.8 Å². The lowest BCUT2D eigenvalue weighted by molar-refractivity contribution is -0.140. The lowest BCUT2D eigenvalue weighted by Crippen LogP contribution is -2.22. The van der Waals surface area contributed by atoms with Gasteiger partial charge in [0.25, 0.3) is 5.56 Å². The molecule has 2 N–H and O–H groups in total. The molecule has 0 atom stereocenters. The molecular weight excluding hydrogens is 234 g/mol. The summed E-state index contributed by atoms with van der Waals surface area (Å²) in [6.45, 7) is 1.95. The van der Waals surface area contributed by atoms with Crippen LogP contribution in [0.1, 0.15) is 6.92 Å². The van der Waals surface area contributed by atoms with Crippen molar-refractivity contribution in [2.24, 2.45) is 0 Å². The fourth-order valence-electron chi connectivity index (χ4n) is 1.52. The van der Waals surface area contributed by atoms with Gasteiger partial charge in [-0.15, -0.1) is 0 Å². The first-order valence-corrected chi connectivity index (χ1v) is 5.59. The maximum Gasteiger partial charge on any atom is 0.325 e. The number of aromatic amines is 1. The van der Waals surface area contributed by atoms with Crippen molar-refractivity contribution in [3.05, 3.63) is 34.6 Å². The maximum absolute atomic E-state index is 11.7. The van der Waals surface area contributed by atoms with Crippen LogP contribution in [0.25, 0.3) is 11.0 Å². The number of rotatable bonds is 4. The maximum atomic E-state index is 11.7. The lowest BCUT2D eigenvalue weighted by atomic mass is 10.3. The SMILES string of the molecule is CCOC(=O)CNc1nc2ccccc2[nH]c1=O. The molecule has 1 aromatic carbocycles. The van der Waals surface area contributed by atoms with Crippen LogP contribution in [0.15, 0.2) is 29.1 Å². The number of nitrogens with one attached hydrogen (secondary N) is 2. The quantitative estimate of drug-likeness (QED) is 0.784. The van der Waals surface area contributed by atoms with E-state index in [1.165, 1.54) is 0 Å². The van der Waals surface area contributed by atoms with E-state index in [-0.39, 0.29) is 17.9 Å². The number of fused-ring (bicyclic) bond motifs is 1. The Morgan fingerprint density at radius 2 is 2.22 bits per heavy atom. The van der Waals surface area contributed by atoms with Crippen LogP contribution >= 0.6 is 0 Å². The first kappa shape index (κ1) is 12.1. The Kier molecular flexibility index (Phi) is 3.57. The first-order chi connectivity index (χ1) is 8.70. The summed E-state index contributed by atoms with van der Waals surface area (Å²) in [5.74, 6) is -0.311. The molecule has 0 radical (unpaired) electrons. The van der Waals surface area contributed by atoms with E-state index in [9.17, 15) is 9.59 Å². The first-order valence-electron chi connectivity index (χ1n) is 5.59. The van der Waals surface area contributed by atoms with Gasteiger partial charge in [-0.3, -0.25) is 9.59 Å². The third-order valence-electron chi connectivity index (χ3n) is 2.31. The molecule has 0 unspecified atom stereocenters. The molecule has 0 fully saturated rings. The third kappa shape index (κ3) is 2.65. The summed E-state index contributed by atoms with van der Waals surface area (Å²) in [6.07, 6.45) is 0. The number of anilines is 1. The fraction of sp³-hybridized carbons (Fsp3) is 0.250. The van der Waals surface area contributed by atoms with Crippen LogP contribution < -0.4 is 10.9 Å². The Hall–Kier alpha value is -2.37. The molecule has 6 heteroatoms. The van der Waals surface area contributed by atoms with Gasteiger partial charge in [0.05, 0.1) is 17.6 Å². The second kappa shape index (κ2) is 5.31. The fourth-order valence-corrected chi connectivity index (χ4v) is 1.52. The van der Waals surface area contributed by atoms with E-state index in [1.807, 2.05) is 12.1 Å². The molecule has 18 heavy (non-hydrogen) atoms. The summed E-state index contributed by atoms with van der Waals surface area (Å²) in [6, 6.07) is 7.17. The second-order valence-electron chi connectivity index (χ2n) is 3.59. The number of ether oxygens (including phenoxy) is 1. The number of carbonyl (C=O) groups is 1. The standard InChI is InChI=1S/C12H13N3O3/c1-2-18-10(16)7-13-11-12(17)15-9-6-4-3-5-8(9)14-11/h3-6H,2,7H2,1H3,(H,13,14)(H,15,17). The lowest BCUT2D eigenvalue weighted by Gasteiger charge is -2.05. The Bertz CT molecular complexity index is 621. The average molecular weight is 247 g/mol. The molecule has 1 aromatic heterocycles. The van der Waals surface area contributed by atoms with E-state index in [0.717, 1.165) is 0 Å². The van der Waals surface area contributed by atoms with Crippen LogP contribution in [0.2, 0.25) is 0 Å². The van der Waals surface area contributed by atoms with Gasteiger partial charge in [-0.2, -0.15) is 0 Å². The van der Waals surface area contributed by atoms with Crippen molar-refractivity contribution in [1.82, 2.24) is 9.97 Å². The molecule has 1 heterocycles. The van der Waals surface area contributed by atoms with E-state index in [0.29, 0.717) is 17.6 Å². The van der Waals surface area contributed by atoms with Gasteiger partial charge < -0.3 is 15.0 Å². The number of H-pyrrole nitrogens is 1. The number of hydrogen-bond donors (Lipinski definition) is 2. The summed E-state index contributed by atoms with van der Waals surface area (Å²) in [7, 11) is 0. The Labute approximate surface area is 103 Å². The number of nitrogens with zero attached hydrogens (tertiary/aromatic N) is 1. The highest BCUT2D eigenvalue weighted by molar-refractivity contribution is 5.77. The summed E-state index contributed by atoms with van der Waals surface area (Å²) in [5, 5.41) is 2.66. The van der Waals surface area contributed by atoms with Crippen LogP contribution in [0.5, 0.6) is 0 Å². The molecule has 6 nitrogen and oxygen atoms in total. The minimum absolute atomic E-state index is 0.0811. The molecule has 0 aliphatic rings. The number of hydrogen-bond acceptors (Lipinski definition) is 5. The number of carbonyl (C=O) groups excluding carboxylic acids is 1. The Balaban J connectivity index is 2.20. The molecule has 2 rings (SSSR count). The minimum atomic E-state index is -0.424. The second-order valence-corrected chi connectivity index (χ2v) is 3.59. The Morgan fingerprint density at radius 3 is 3.00 bits per heavy atom. The highest BCUT2D eigenvalue weighted by Crippen LogP contribution is 2.07. The van der Waals surface area contributed by atoms with Crippen molar-refractivity contribution in [2.75, 3.05) is 18.5 Å². The molecule has 0 saturated carbocycles. The zero-order chi connectivity index (χ0) is 13.0. The molecular formula is C12H13N3O3. The number of esters is 1. The van der Waals surface area contributed by atoms with Crippen molar-refractivity contribution in [3.63, 3.8) is 0 Å². The van der Waals surface area contributed by atoms with Crippen molar-refractivity contribution < 1.29 is 9.53 Å². The van der Waals surface area contributed by atoms with Gasteiger partial charge in [-0.1, -0.05) is 12.1 Å². The number of aromatic nitrogens is 2. The van der Waals surface area contributed by atoms with E-state index < -0.39 is 5.97 Å². The van der Waals surface area contributed by atoms with E-state index >= 15 is 0 Å². The van der Waals surface area contributed by atoms with Crippen LogP contribution in [0, 0.1) is 0 Å². The zero-order valence-electron chi connectivity index (χ0n) is 9.90. The Morgan fingerprint density at radius 1 is 1.44 bits per heavy atom. The van der Waals surface area contributed by atoms with Gasteiger partial charge in [0, 0.05) is 0 Å². The van der Waals surface area contributed by atoms with Crippen LogP contribution in [-0.2, 0) is 9.53 Å². The van der Waals surface area contributed by atoms with E-state index in [1.54, 1.807) is 19.1 Å². The van der Waals surface area contributed by atoms with Gasteiger partial charge in [0.2, 0.25) is 0 Å². The zero-order valence-corrected chi connectivity index (χ0v) is 9.90. The van der Waals surface area contributed by atoms with Crippen LogP contribution in [-0.4, -0.2) is 29.1 Å². The summed E-state index contributed by atoms with van der Waals surface area (Å²) < 4.78 is 4.75. The summed E-state index contributed by atoms with van der Waals surface area (Å²) in [4.78, 5) is 29.7. The molecule has 94 valence electrons. The normalized spacial score (nSPS) is 10.3. The van der Waals surface area contributed by atoms with Crippen molar-refractivity contribution in [3.8, 4) is 0 Å². The molecule has 2 aromatic rings. The van der Waals surface area contributed by atoms with Gasteiger partial charge in [-0.25, -0.2) is 4.98 Å². The van der Waals surface area contributed by atoms with Gasteiger partial charge in [-0.05, 0) is 19.1 Å². The third-order valence-corrected chi connectivity index (χ3v) is 2.31. The van der Waals surface area contributed by atoms with Crippen molar-refractivity contribution in [1.29, 1.82) is 0 Å². The largest absolute Gasteiger partial charge is 0.465 e. The van der Waals surface area contributed by atoms with Crippen LogP contribution in [0.4, 0.5) is 5.82 Å². The molecule has 0 aliphatic heterocycles. The van der Waals surface area contributed by atoms with Gasteiger partial charge in [0.1, 0.15) is 6.54 Å². The molecule has 0 amide bonds. The predicted molar refractivity (Wildman–Crippen MR) is 67.5 cm³/mol. The summed E-state index contributed by atoms with van der Waals surface area (Å²) in [5.41, 5.74) is 0.950. The molecule has 0 saturated heterocycles. The van der Waals surface area contributed by atoms with Gasteiger partial charge in [0.15, 0.2) is 5.82 Å². The molecule has 0 aliphatic carbocycles. The highest BCUT2D eigenvalue weighted by Gasteiger charge is 2.06. The van der Waals surface area contributed by atoms with Crippen LogP contribution in [0.3, 0.4) is 0 Å². The summed E-state index contributed by atoms with van der Waals surface area (Å²) >= 11 is 0. The smallest absolute Gasteiger partial charge is 0.325 e. The van der Waals surface area contributed by atoms with Crippen molar-refractivity contribution in [2.45, 2.75) is 6.92 Å². The van der Waals surface area contributed by atoms with Gasteiger partial charge >= 0.3 is 5.97 Å². The average Bonchev–Trinajstić information content (AvgIpc) is 2.36. The minimum Gasteiger partial charge on any atom is -0.465 e. The predicted octanol–water partition coefficient (Wildman–Crippen LogP) is 0.898. The number of para-hydroxylation sites is 2. The number of benzene rings is 1. The van der Waals surface area contributed by atoms with E-state index in [4.69, 9.17) is 4.74 Å². The topological polar surface area (TPSA) is 84.1 Å². The van der Waals surface area contributed by atoms with E-state index in [2.05, 4.69) is 15.3 Å². The monoisotopic (exact) mass is 247 g/mol. The highest BCUT2D eigenvalue weighted by atomic mass is 16.5. The molecule has 0 spiro atoms.